The molecule has 0 unspecified atom stereocenters. The highest BCUT2D eigenvalue weighted by atomic mass is 16.5. The van der Waals surface area contributed by atoms with Crippen molar-refractivity contribution < 1.29 is 19.1 Å². The molecular weight excluding hydrogens is 398 g/mol. The minimum atomic E-state index is -0.672. The van der Waals surface area contributed by atoms with Crippen molar-refractivity contribution in [3.8, 4) is 0 Å². The molecule has 0 aliphatic heterocycles. The largest absolute Gasteiger partial charge is 0.452 e. The molecule has 9 heteroatoms. The smallest absolute Gasteiger partial charge is 0.339 e. The van der Waals surface area contributed by atoms with E-state index < -0.39 is 24.5 Å². The first-order valence-corrected chi connectivity index (χ1v) is 10.9. The number of ether oxygens (including phenoxy) is 1. The minimum Gasteiger partial charge on any atom is -0.452 e. The summed E-state index contributed by atoms with van der Waals surface area (Å²) in [6.45, 7) is 7.39. The van der Waals surface area contributed by atoms with Gasteiger partial charge in [-0.1, -0.05) is 33.1 Å². The number of nitrogens with zero attached hydrogens (tertiary/aromatic N) is 3. The Morgan fingerprint density at radius 1 is 1.16 bits per heavy atom. The fourth-order valence-corrected chi connectivity index (χ4v) is 3.72. The molecule has 0 saturated heterocycles. The number of hydrogen-bond acceptors (Lipinski definition) is 6. The Morgan fingerprint density at radius 2 is 1.87 bits per heavy atom. The average molecular weight is 430 g/mol. The summed E-state index contributed by atoms with van der Waals surface area (Å²) in [6, 6.07) is 1.28. The molecule has 3 rings (SSSR count). The molecule has 0 radical (unpaired) electrons. The van der Waals surface area contributed by atoms with Crippen molar-refractivity contribution in [2.75, 3.05) is 6.61 Å². The standard InChI is InChI=1S/C22H31N5O4/c1-13(2)18-10-16(17-11-23-27(14(3)4)20(17)25-18)21(29)31-12-19(28)26-22(30)24-15-8-6-5-7-9-15/h10-11,13-15H,5-9,12H2,1-4H3,(H2,24,26,28,30). The van der Waals surface area contributed by atoms with Gasteiger partial charge in [0.25, 0.3) is 5.91 Å². The zero-order valence-electron chi connectivity index (χ0n) is 18.6. The molecule has 2 aromatic rings. The molecule has 0 bridgehead atoms. The number of rotatable bonds is 6. The lowest BCUT2D eigenvalue weighted by molar-refractivity contribution is -0.123. The van der Waals surface area contributed by atoms with Gasteiger partial charge in [-0.3, -0.25) is 10.1 Å². The third-order valence-corrected chi connectivity index (χ3v) is 5.41. The van der Waals surface area contributed by atoms with Crippen molar-refractivity contribution in [3.63, 3.8) is 0 Å². The molecule has 9 nitrogen and oxygen atoms in total. The fourth-order valence-electron chi connectivity index (χ4n) is 3.72. The summed E-state index contributed by atoms with van der Waals surface area (Å²) < 4.78 is 6.95. The number of hydrogen-bond donors (Lipinski definition) is 2. The van der Waals surface area contributed by atoms with Gasteiger partial charge in [-0.25, -0.2) is 19.3 Å². The first-order chi connectivity index (χ1) is 14.8. The summed E-state index contributed by atoms with van der Waals surface area (Å²) in [7, 11) is 0. The molecule has 1 aliphatic carbocycles. The average Bonchev–Trinajstić information content (AvgIpc) is 3.16. The summed E-state index contributed by atoms with van der Waals surface area (Å²) in [5, 5.41) is 9.93. The molecule has 0 aromatic carbocycles. The van der Waals surface area contributed by atoms with Crippen LogP contribution in [0.25, 0.3) is 11.0 Å². The Kier molecular flexibility index (Phi) is 7.25. The summed E-state index contributed by atoms with van der Waals surface area (Å²) in [5.41, 5.74) is 1.64. The third kappa shape index (κ3) is 5.59. The molecule has 1 aliphatic rings. The van der Waals surface area contributed by atoms with Crippen LogP contribution in [0.4, 0.5) is 4.79 Å². The van der Waals surface area contributed by atoms with Crippen LogP contribution in [0.1, 0.15) is 87.8 Å². The number of amides is 3. The highest BCUT2D eigenvalue weighted by Crippen LogP contribution is 2.25. The van der Waals surface area contributed by atoms with Crippen LogP contribution in [-0.4, -0.2) is 45.3 Å². The number of urea groups is 1. The van der Waals surface area contributed by atoms with E-state index in [0.29, 0.717) is 16.6 Å². The van der Waals surface area contributed by atoms with Crippen LogP contribution in [0.5, 0.6) is 0 Å². The van der Waals surface area contributed by atoms with Crippen molar-refractivity contribution in [1.82, 2.24) is 25.4 Å². The van der Waals surface area contributed by atoms with E-state index in [-0.39, 0.29) is 18.0 Å². The van der Waals surface area contributed by atoms with Gasteiger partial charge in [0.1, 0.15) is 0 Å². The number of fused-ring (bicyclic) bond motifs is 1. The quantitative estimate of drug-likeness (QED) is 0.680. The maximum atomic E-state index is 12.8. The van der Waals surface area contributed by atoms with E-state index in [0.717, 1.165) is 31.4 Å². The summed E-state index contributed by atoms with van der Waals surface area (Å²) >= 11 is 0. The zero-order valence-corrected chi connectivity index (χ0v) is 18.6. The molecule has 3 amide bonds. The maximum absolute atomic E-state index is 12.8. The first-order valence-electron chi connectivity index (χ1n) is 10.9. The predicted octanol–water partition coefficient (Wildman–Crippen LogP) is 3.45. The van der Waals surface area contributed by atoms with Gasteiger partial charge in [0.15, 0.2) is 12.3 Å². The first kappa shape index (κ1) is 22.7. The second kappa shape index (κ2) is 9.89. The normalized spacial score (nSPS) is 14.8. The fraction of sp³-hybridized carbons (Fsp3) is 0.591. The number of esters is 1. The van der Waals surface area contributed by atoms with Gasteiger partial charge >= 0.3 is 12.0 Å². The molecule has 2 N–H and O–H groups in total. The maximum Gasteiger partial charge on any atom is 0.339 e. The second-order valence-electron chi connectivity index (χ2n) is 8.60. The number of nitrogens with one attached hydrogen (secondary N) is 2. The van der Waals surface area contributed by atoms with Crippen LogP contribution in [0.15, 0.2) is 12.3 Å². The topological polar surface area (TPSA) is 115 Å². The molecule has 2 aromatic heterocycles. The second-order valence-corrected chi connectivity index (χ2v) is 8.60. The van der Waals surface area contributed by atoms with Crippen molar-refractivity contribution in [3.05, 3.63) is 23.5 Å². The lowest BCUT2D eigenvalue weighted by atomic mass is 9.96. The minimum absolute atomic E-state index is 0.0738. The van der Waals surface area contributed by atoms with Gasteiger partial charge in [0.2, 0.25) is 0 Å². The molecule has 0 atom stereocenters. The van der Waals surface area contributed by atoms with Gasteiger partial charge < -0.3 is 10.1 Å². The number of imide groups is 1. The highest BCUT2D eigenvalue weighted by molar-refractivity contribution is 6.04. The van der Waals surface area contributed by atoms with Crippen molar-refractivity contribution in [1.29, 1.82) is 0 Å². The van der Waals surface area contributed by atoms with Crippen molar-refractivity contribution >= 4 is 28.9 Å². The summed E-state index contributed by atoms with van der Waals surface area (Å²) in [6.07, 6.45) is 6.73. The Labute approximate surface area is 181 Å². The SMILES string of the molecule is CC(C)c1cc(C(=O)OCC(=O)NC(=O)NC2CCCCC2)c2cnn(C(C)C)c2n1. The van der Waals surface area contributed by atoms with Crippen molar-refractivity contribution in [2.24, 2.45) is 0 Å². The Morgan fingerprint density at radius 3 is 2.52 bits per heavy atom. The van der Waals surface area contributed by atoms with E-state index in [4.69, 9.17) is 4.74 Å². The van der Waals surface area contributed by atoms with Crippen LogP contribution < -0.4 is 10.6 Å². The molecule has 168 valence electrons. The van der Waals surface area contributed by atoms with E-state index in [1.54, 1.807) is 16.9 Å². The van der Waals surface area contributed by atoms with Crippen LogP contribution in [0.2, 0.25) is 0 Å². The van der Waals surface area contributed by atoms with Gasteiger partial charge in [-0.2, -0.15) is 5.10 Å². The van der Waals surface area contributed by atoms with E-state index in [1.807, 2.05) is 27.7 Å². The van der Waals surface area contributed by atoms with E-state index in [2.05, 4.69) is 20.7 Å². The molecule has 2 heterocycles. The van der Waals surface area contributed by atoms with Crippen LogP contribution in [-0.2, 0) is 9.53 Å². The molecule has 1 fully saturated rings. The molecule has 0 spiro atoms. The van der Waals surface area contributed by atoms with E-state index >= 15 is 0 Å². The van der Waals surface area contributed by atoms with Gasteiger partial charge in [0.05, 0.1) is 17.1 Å². The molecule has 1 saturated carbocycles. The monoisotopic (exact) mass is 429 g/mol. The van der Waals surface area contributed by atoms with Gasteiger partial charge in [-0.05, 0) is 38.7 Å². The van der Waals surface area contributed by atoms with Crippen LogP contribution in [0, 0.1) is 0 Å². The predicted molar refractivity (Wildman–Crippen MR) is 116 cm³/mol. The third-order valence-electron chi connectivity index (χ3n) is 5.41. The number of aromatic nitrogens is 3. The molecule has 31 heavy (non-hydrogen) atoms. The number of pyridine rings is 1. The van der Waals surface area contributed by atoms with Gasteiger partial charge in [0, 0.05) is 17.8 Å². The molecular formula is C22H31N5O4. The van der Waals surface area contributed by atoms with E-state index in [1.165, 1.54) is 6.42 Å². The van der Waals surface area contributed by atoms with Crippen molar-refractivity contribution in [2.45, 2.75) is 77.8 Å². The lowest BCUT2D eigenvalue weighted by Crippen LogP contribution is -2.46. The highest BCUT2D eigenvalue weighted by Gasteiger charge is 2.22. The Hall–Kier alpha value is -2.97. The Bertz CT molecular complexity index is 960. The van der Waals surface area contributed by atoms with E-state index in [9.17, 15) is 14.4 Å². The van der Waals surface area contributed by atoms with Crippen LogP contribution >= 0.6 is 0 Å². The number of carbonyl (C=O) groups excluding carboxylic acids is 3. The van der Waals surface area contributed by atoms with Gasteiger partial charge in [-0.15, -0.1) is 0 Å². The zero-order chi connectivity index (χ0) is 22.5. The van der Waals surface area contributed by atoms with Crippen LogP contribution in [0.3, 0.4) is 0 Å². The summed E-state index contributed by atoms with van der Waals surface area (Å²) in [4.78, 5) is 41.5. The Balaban J connectivity index is 1.65. The number of carbonyl (C=O) groups is 3. The lowest BCUT2D eigenvalue weighted by Gasteiger charge is -2.22. The summed E-state index contributed by atoms with van der Waals surface area (Å²) in [5.74, 6) is -1.23.